The van der Waals surface area contributed by atoms with E-state index in [-0.39, 0.29) is 0 Å². The van der Waals surface area contributed by atoms with E-state index < -0.39 is 0 Å². The van der Waals surface area contributed by atoms with Crippen molar-refractivity contribution in [3.8, 4) is 0 Å². The van der Waals surface area contributed by atoms with Crippen molar-refractivity contribution in [3.05, 3.63) is 6.12 Å². The molecule has 0 aromatic carbocycles. The third-order valence-electron chi connectivity index (χ3n) is 0.518. The second-order valence-electron chi connectivity index (χ2n) is 0.979. The van der Waals surface area contributed by atoms with Crippen molar-refractivity contribution >= 4 is 12.4 Å². The molecule has 0 radical (unpaired) electrons. The van der Waals surface area contributed by atoms with Crippen LogP contribution >= 0.6 is 0 Å². The number of rotatable bonds is 0. The molecule has 0 amide bonds. The molecule has 0 N–H and O–H groups in total. The zero-order valence-electron chi connectivity index (χ0n) is 3.06. The Kier molecular flexibility index (Phi) is 1.77. The molecule has 0 aromatic heterocycles. The van der Waals surface area contributed by atoms with E-state index in [4.69, 9.17) is 0 Å². The van der Waals surface area contributed by atoms with E-state index in [1.165, 1.54) is 0.0410 Å². The number of hydrogen-bond acceptors (Lipinski definition) is 0. The van der Waals surface area contributed by atoms with Gasteiger partial charge in [-0.2, -0.15) is 0 Å². The van der Waals surface area contributed by atoms with Crippen molar-refractivity contribution in [1.82, 2.24) is 4.67 Å². The van der Waals surface area contributed by atoms with Crippen LogP contribution in [0.25, 0.3) is 0 Å². The van der Waals surface area contributed by atoms with Crippen molar-refractivity contribution in [2.24, 2.45) is 0 Å². The van der Waals surface area contributed by atoms with Gasteiger partial charge in [-0.05, 0) is 0 Å². The van der Waals surface area contributed by atoms with Gasteiger partial charge in [0.2, 0.25) is 0 Å². The molecule has 1 nitrogen and oxygen atoms in total. The molecule has 0 bridgehead atoms. The quantitative estimate of drug-likeness (QED) is 0.459. The van der Waals surface area contributed by atoms with Crippen LogP contribution in [0, 0.1) is 46.5 Å². The van der Waals surface area contributed by atoms with Crippen LogP contribution in [0.4, 0.5) is 0 Å². The van der Waals surface area contributed by atoms with Crippen LogP contribution in [0.3, 0.4) is 0 Å². The molecule has 32 valence electrons. The Morgan fingerprint density at radius 1 is 1.67 bits per heavy atom. The number of nitrogens with zero attached hydrogens (tertiary/aromatic N) is 1. The van der Waals surface area contributed by atoms with Crippen molar-refractivity contribution in [3.63, 3.8) is 0 Å². The van der Waals surface area contributed by atoms with Gasteiger partial charge in [-0.3, -0.25) is 0 Å². The van der Waals surface area contributed by atoms with E-state index in [1.54, 1.807) is 6.21 Å². The second kappa shape index (κ2) is 2.17. The third-order valence-corrected chi connectivity index (χ3v) is 1.16. The minimum absolute atomic E-state index is 1.20. The van der Waals surface area contributed by atoms with Crippen LogP contribution in [0.15, 0.2) is 6.12 Å². The molecule has 1 heterocycles. The molecule has 0 aliphatic carbocycles. The summed E-state index contributed by atoms with van der Waals surface area (Å²) in [7, 11) is 0. The SMILES string of the molecule is [XeH]C1=CC=[N+]=C1. The van der Waals surface area contributed by atoms with Crippen LogP contribution in [0.2, 0.25) is 0 Å². The molecule has 2 heteroatoms. The van der Waals surface area contributed by atoms with E-state index in [2.05, 4.69) is 51.2 Å². The van der Waals surface area contributed by atoms with Crippen molar-refractivity contribution < 1.29 is 46.5 Å². The summed E-state index contributed by atoms with van der Waals surface area (Å²) >= 11 is 2.21. The van der Waals surface area contributed by atoms with Gasteiger partial charge in [0.15, 0.2) is 0 Å². The number of hydrogen-bond donors (Lipinski definition) is 0. The monoisotopic (exact) mass is 198 g/mol. The normalized spacial score (nSPS) is 16.0. The average Bonchev–Trinajstić information content (AvgIpc) is 1.86. The molecule has 0 unspecified atom stereocenters. The summed E-state index contributed by atoms with van der Waals surface area (Å²) in [6.07, 6.45) is 5.56. The first-order chi connectivity index (χ1) is 2.89. The summed E-state index contributed by atoms with van der Waals surface area (Å²) in [5.74, 6) is 0. The van der Waals surface area contributed by atoms with Crippen LogP contribution in [-0.2, 0) is 0 Å². The first-order valence-corrected chi connectivity index (χ1v) is 2.69. The Hall–Kier alpha value is 0.761. The van der Waals surface area contributed by atoms with Gasteiger partial charge in [0.1, 0.15) is 0 Å². The Balaban J connectivity index is 2.88. The van der Waals surface area contributed by atoms with E-state index in [1.807, 2.05) is 12.3 Å². The van der Waals surface area contributed by atoms with Crippen molar-refractivity contribution in [1.29, 1.82) is 0 Å². The molecule has 0 fully saturated rings. The average molecular weight is 197 g/mol. The van der Waals surface area contributed by atoms with Gasteiger partial charge in [-0.1, -0.05) is 0 Å². The fourth-order valence-electron chi connectivity index (χ4n) is 0.272. The standard InChI is InChI=1S/C4H4NXe/c6-4-1-2-5-3-4/h1-3,6H/q+1. The molecule has 1 aliphatic rings. The van der Waals surface area contributed by atoms with Crippen molar-refractivity contribution in [2.45, 2.75) is 0 Å². The molecule has 1 rings (SSSR count). The summed E-state index contributed by atoms with van der Waals surface area (Å²) < 4.78 is 5.02. The molecular formula is C4H4NXe+. The van der Waals surface area contributed by atoms with Gasteiger partial charge in [0.05, 0.1) is 0 Å². The summed E-state index contributed by atoms with van der Waals surface area (Å²) in [6.45, 7) is 0. The summed E-state index contributed by atoms with van der Waals surface area (Å²) in [5.41, 5.74) is 0. The molecule has 0 saturated carbocycles. The Labute approximate surface area is 68.6 Å². The van der Waals surface area contributed by atoms with Gasteiger partial charge in [0, 0.05) is 0 Å². The maximum absolute atomic E-state index is 3.81. The molecule has 0 atom stereocenters. The van der Waals surface area contributed by atoms with Crippen LogP contribution in [-0.4, -0.2) is 12.4 Å². The van der Waals surface area contributed by atoms with Crippen LogP contribution < -0.4 is 4.67 Å². The Morgan fingerprint density at radius 2 is 2.50 bits per heavy atom. The van der Waals surface area contributed by atoms with E-state index >= 15 is 0 Å². The van der Waals surface area contributed by atoms with Crippen molar-refractivity contribution in [2.75, 3.05) is 0 Å². The zero-order chi connectivity index (χ0) is 4.41. The molecular weight excluding hydrogens is 193 g/mol. The minimum atomic E-state index is 1.20. The third kappa shape index (κ3) is 1.12. The Bertz CT molecular complexity index is 140. The second-order valence-corrected chi connectivity index (χ2v) is 2.22. The predicted molar refractivity (Wildman–Crippen MR) is 23.7 cm³/mol. The fourth-order valence-corrected chi connectivity index (χ4v) is 0.593. The van der Waals surface area contributed by atoms with Gasteiger partial charge in [-0.25, -0.2) is 0 Å². The van der Waals surface area contributed by atoms with E-state index in [0.29, 0.717) is 0 Å². The predicted octanol–water partition coefficient (Wildman–Crippen LogP) is -0.626. The molecule has 0 aromatic rings. The van der Waals surface area contributed by atoms with E-state index in [9.17, 15) is 0 Å². The molecule has 0 spiro atoms. The summed E-state index contributed by atoms with van der Waals surface area (Å²) in [6, 6.07) is 0. The summed E-state index contributed by atoms with van der Waals surface area (Å²) in [5, 5.41) is 0. The topological polar surface area (TPSA) is 14.1 Å². The van der Waals surface area contributed by atoms with Crippen LogP contribution in [0.1, 0.15) is 0 Å². The van der Waals surface area contributed by atoms with Crippen LogP contribution in [0.5, 0.6) is 0 Å². The first-order valence-electron chi connectivity index (χ1n) is 1.62. The molecule has 0 saturated heterocycles. The van der Waals surface area contributed by atoms with E-state index in [0.717, 1.165) is 0 Å². The first kappa shape index (κ1) is 4.91. The molecule has 1 aliphatic heterocycles. The van der Waals surface area contributed by atoms with Gasteiger partial charge in [-0.15, -0.1) is 0 Å². The van der Waals surface area contributed by atoms with Gasteiger partial charge < -0.3 is 0 Å². The summed E-state index contributed by atoms with van der Waals surface area (Å²) in [4.78, 5) is 0. The van der Waals surface area contributed by atoms with Gasteiger partial charge >= 0.3 is 69.7 Å². The maximum atomic E-state index is 3.81. The molecule has 6 heavy (non-hydrogen) atoms. The van der Waals surface area contributed by atoms with Gasteiger partial charge in [0.25, 0.3) is 0 Å². The Morgan fingerprint density at radius 3 is 2.67 bits per heavy atom. The number of allylic oxidation sites excluding steroid dienone is 2. The zero-order valence-corrected chi connectivity index (χ0v) is 5.21. The fraction of sp³-hybridized carbons (Fsp3) is 0.